The standard InChI is InChI=1S/C14H15F2N3O2S/c1-3-8(2)22-14-19-18-11(21-14)7-17-13(20)12-9(15)5-4-6-10(12)16/h4-6,8H,3,7H2,1-2H3,(H,17,20)/t8-/m1/s1. The first-order chi connectivity index (χ1) is 10.5. The molecule has 0 spiro atoms. The van der Waals surface area contributed by atoms with Gasteiger partial charge in [-0.15, -0.1) is 10.2 Å². The van der Waals surface area contributed by atoms with Crippen LogP contribution < -0.4 is 5.32 Å². The van der Waals surface area contributed by atoms with E-state index in [1.807, 2.05) is 13.8 Å². The zero-order valence-corrected chi connectivity index (χ0v) is 12.9. The van der Waals surface area contributed by atoms with Crippen molar-refractivity contribution in [1.29, 1.82) is 0 Å². The highest BCUT2D eigenvalue weighted by atomic mass is 32.2. The van der Waals surface area contributed by atoms with E-state index in [9.17, 15) is 13.6 Å². The number of hydrogen-bond donors (Lipinski definition) is 1. The van der Waals surface area contributed by atoms with Crippen molar-refractivity contribution in [2.75, 3.05) is 0 Å². The van der Waals surface area contributed by atoms with Gasteiger partial charge in [0, 0.05) is 5.25 Å². The third-order valence-electron chi connectivity index (χ3n) is 2.92. The summed E-state index contributed by atoms with van der Waals surface area (Å²) >= 11 is 1.43. The van der Waals surface area contributed by atoms with E-state index >= 15 is 0 Å². The molecule has 22 heavy (non-hydrogen) atoms. The lowest BCUT2D eigenvalue weighted by atomic mass is 10.2. The second-order valence-electron chi connectivity index (χ2n) is 4.58. The van der Waals surface area contributed by atoms with Crippen LogP contribution in [-0.2, 0) is 6.54 Å². The van der Waals surface area contributed by atoms with E-state index in [-0.39, 0.29) is 12.4 Å². The van der Waals surface area contributed by atoms with Crippen LogP contribution in [0.25, 0.3) is 0 Å². The van der Waals surface area contributed by atoms with E-state index < -0.39 is 23.1 Å². The molecule has 0 aliphatic rings. The summed E-state index contributed by atoms with van der Waals surface area (Å²) in [5, 5.41) is 10.7. The maximum atomic E-state index is 13.5. The topological polar surface area (TPSA) is 68.0 Å². The minimum absolute atomic E-state index is 0.0966. The summed E-state index contributed by atoms with van der Waals surface area (Å²) in [6, 6.07) is 3.23. The largest absolute Gasteiger partial charge is 0.414 e. The highest BCUT2D eigenvalue weighted by Gasteiger charge is 2.18. The van der Waals surface area contributed by atoms with Crippen LogP contribution in [0, 0.1) is 11.6 Å². The molecule has 0 saturated carbocycles. The van der Waals surface area contributed by atoms with E-state index in [4.69, 9.17) is 4.42 Å². The van der Waals surface area contributed by atoms with E-state index in [0.717, 1.165) is 18.6 Å². The van der Waals surface area contributed by atoms with Crippen LogP contribution in [0.3, 0.4) is 0 Å². The first-order valence-corrected chi connectivity index (χ1v) is 7.60. The Morgan fingerprint density at radius 2 is 2.05 bits per heavy atom. The Hall–Kier alpha value is -1.96. The summed E-state index contributed by atoms with van der Waals surface area (Å²) in [5.41, 5.74) is -0.629. The van der Waals surface area contributed by atoms with Crippen molar-refractivity contribution in [3.05, 3.63) is 41.3 Å². The van der Waals surface area contributed by atoms with Crippen molar-refractivity contribution in [1.82, 2.24) is 15.5 Å². The van der Waals surface area contributed by atoms with Gasteiger partial charge in [-0.25, -0.2) is 8.78 Å². The molecule has 5 nitrogen and oxygen atoms in total. The van der Waals surface area contributed by atoms with Gasteiger partial charge in [-0.05, 0) is 18.6 Å². The van der Waals surface area contributed by atoms with Crippen LogP contribution in [0.2, 0.25) is 0 Å². The number of aromatic nitrogens is 2. The Morgan fingerprint density at radius 1 is 1.36 bits per heavy atom. The fraction of sp³-hybridized carbons (Fsp3) is 0.357. The van der Waals surface area contributed by atoms with E-state index in [2.05, 4.69) is 15.5 Å². The van der Waals surface area contributed by atoms with E-state index in [1.54, 1.807) is 0 Å². The number of carbonyl (C=O) groups is 1. The van der Waals surface area contributed by atoms with Gasteiger partial charge in [0.1, 0.15) is 17.2 Å². The maximum absolute atomic E-state index is 13.5. The monoisotopic (exact) mass is 327 g/mol. The van der Waals surface area contributed by atoms with Crippen molar-refractivity contribution < 1.29 is 18.0 Å². The van der Waals surface area contributed by atoms with Gasteiger partial charge >= 0.3 is 0 Å². The Balaban J connectivity index is 1.97. The van der Waals surface area contributed by atoms with Gasteiger partial charge < -0.3 is 9.73 Å². The van der Waals surface area contributed by atoms with Crippen LogP contribution in [0.5, 0.6) is 0 Å². The molecule has 0 saturated heterocycles. The Kier molecular flexibility index (Phi) is 5.48. The van der Waals surface area contributed by atoms with Gasteiger partial charge in [0.05, 0.1) is 6.54 Å². The molecular formula is C14H15F2N3O2S. The molecule has 0 unspecified atom stereocenters. The first kappa shape index (κ1) is 16.4. The van der Waals surface area contributed by atoms with Gasteiger partial charge in [0.25, 0.3) is 11.1 Å². The predicted molar refractivity (Wildman–Crippen MR) is 77.4 cm³/mol. The molecule has 1 aromatic carbocycles. The molecule has 0 aliphatic carbocycles. The summed E-state index contributed by atoms with van der Waals surface area (Å²) < 4.78 is 32.3. The van der Waals surface area contributed by atoms with Crippen LogP contribution in [0.15, 0.2) is 27.8 Å². The zero-order chi connectivity index (χ0) is 16.1. The van der Waals surface area contributed by atoms with Gasteiger partial charge in [-0.2, -0.15) is 0 Å². The van der Waals surface area contributed by atoms with Crippen molar-refractivity contribution in [3.8, 4) is 0 Å². The molecule has 0 bridgehead atoms. The lowest BCUT2D eigenvalue weighted by Crippen LogP contribution is -2.25. The number of nitrogens with zero attached hydrogens (tertiary/aromatic N) is 2. The molecule has 1 N–H and O–H groups in total. The molecule has 2 rings (SSSR count). The number of carbonyl (C=O) groups excluding carboxylic acids is 1. The summed E-state index contributed by atoms with van der Waals surface area (Å²) in [6.45, 7) is 3.97. The molecule has 1 aromatic heterocycles. The smallest absolute Gasteiger partial charge is 0.276 e. The molecule has 118 valence electrons. The van der Waals surface area contributed by atoms with Gasteiger partial charge in [0.2, 0.25) is 5.89 Å². The Morgan fingerprint density at radius 3 is 2.68 bits per heavy atom. The Bertz CT molecular complexity index is 643. The molecule has 2 aromatic rings. The second kappa shape index (κ2) is 7.35. The number of nitrogens with one attached hydrogen (secondary N) is 1. The summed E-state index contributed by atoms with van der Waals surface area (Å²) in [4.78, 5) is 11.8. The number of hydrogen-bond acceptors (Lipinski definition) is 5. The molecule has 0 fully saturated rings. The van der Waals surface area contributed by atoms with E-state index in [1.165, 1.54) is 17.8 Å². The lowest BCUT2D eigenvalue weighted by molar-refractivity contribution is 0.0938. The molecule has 8 heteroatoms. The number of amides is 1. The molecular weight excluding hydrogens is 312 g/mol. The maximum Gasteiger partial charge on any atom is 0.276 e. The van der Waals surface area contributed by atoms with Crippen molar-refractivity contribution >= 4 is 17.7 Å². The quantitative estimate of drug-likeness (QED) is 0.825. The third-order valence-corrected chi connectivity index (χ3v) is 4.02. The van der Waals surface area contributed by atoms with Crippen molar-refractivity contribution in [2.24, 2.45) is 0 Å². The molecule has 0 radical (unpaired) electrons. The van der Waals surface area contributed by atoms with Gasteiger partial charge in [0.15, 0.2) is 0 Å². The van der Waals surface area contributed by atoms with Crippen LogP contribution >= 0.6 is 11.8 Å². The minimum Gasteiger partial charge on any atom is -0.414 e. The zero-order valence-electron chi connectivity index (χ0n) is 12.1. The summed E-state index contributed by atoms with van der Waals surface area (Å²) in [6.07, 6.45) is 0.950. The van der Waals surface area contributed by atoms with Crippen LogP contribution in [0.1, 0.15) is 36.5 Å². The predicted octanol–water partition coefficient (Wildman–Crippen LogP) is 3.17. The SMILES string of the molecule is CC[C@@H](C)Sc1nnc(CNC(=O)c2c(F)cccc2F)o1. The lowest BCUT2D eigenvalue weighted by Gasteiger charge is -2.05. The molecule has 1 atom stereocenters. The minimum atomic E-state index is -0.920. The second-order valence-corrected chi connectivity index (χ2v) is 5.97. The number of halogens is 2. The van der Waals surface area contributed by atoms with Gasteiger partial charge in [-0.1, -0.05) is 31.7 Å². The fourth-order valence-electron chi connectivity index (χ4n) is 1.57. The molecule has 1 heterocycles. The summed E-state index contributed by atoms with van der Waals surface area (Å²) in [5.74, 6) is -2.53. The molecule has 0 aliphatic heterocycles. The van der Waals surface area contributed by atoms with Crippen LogP contribution in [-0.4, -0.2) is 21.4 Å². The average Bonchev–Trinajstić information content (AvgIpc) is 2.92. The Labute approximate surface area is 130 Å². The number of thioether (sulfide) groups is 1. The van der Waals surface area contributed by atoms with Crippen molar-refractivity contribution in [3.63, 3.8) is 0 Å². The number of benzene rings is 1. The van der Waals surface area contributed by atoms with Crippen molar-refractivity contribution in [2.45, 2.75) is 37.3 Å². The summed E-state index contributed by atoms with van der Waals surface area (Å²) in [7, 11) is 0. The average molecular weight is 327 g/mol. The highest BCUT2D eigenvalue weighted by Crippen LogP contribution is 2.23. The fourth-order valence-corrected chi connectivity index (χ4v) is 2.31. The normalized spacial score (nSPS) is 12.2. The molecule has 1 amide bonds. The highest BCUT2D eigenvalue weighted by molar-refractivity contribution is 7.99. The first-order valence-electron chi connectivity index (χ1n) is 6.72. The van der Waals surface area contributed by atoms with Crippen LogP contribution in [0.4, 0.5) is 8.78 Å². The van der Waals surface area contributed by atoms with Gasteiger partial charge in [-0.3, -0.25) is 4.79 Å². The third kappa shape index (κ3) is 4.03. The number of rotatable bonds is 6. The van der Waals surface area contributed by atoms with E-state index in [0.29, 0.717) is 10.5 Å².